The van der Waals surface area contributed by atoms with Crippen LogP contribution in [0.3, 0.4) is 0 Å². The number of ether oxygens (including phenoxy) is 1. The van der Waals surface area contributed by atoms with Crippen LogP contribution >= 0.6 is 0 Å². The molecule has 0 aliphatic carbocycles. The van der Waals surface area contributed by atoms with Crippen molar-refractivity contribution in [3.8, 4) is 23.0 Å². The number of carbonyl (C=O) groups is 1. The first kappa shape index (κ1) is 15.0. The zero-order valence-corrected chi connectivity index (χ0v) is 12.9. The minimum absolute atomic E-state index is 0.103. The Morgan fingerprint density at radius 2 is 1.87 bits per heavy atom. The van der Waals surface area contributed by atoms with E-state index in [2.05, 4.69) is 5.32 Å². The molecule has 3 rings (SSSR count). The van der Waals surface area contributed by atoms with Gasteiger partial charge in [-0.1, -0.05) is 0 Å². The number of hydrogen-bond acceptors (Lipinski definition) is 5. The van der Waals surface area contributed by atoms with Gasteiger partial charge in [0.2, 0.25) is 5.75 Å². The first-order chi connectivity index (χ1) is 10.7. The predicted molar refractivity (Wildman–Crippen MR) is 86.1 cm³/mol. The fourth-order valence-corrected chi connectivity index (χ4v) is 2.39. The Morgan fingerprint density at radius 3 is 2.48 bits per heavy atom. The van der Waals surface area contributed by atoms with Crippen LogP contribution in [0, 0.1) is 0 Å². The molecule has 120 valence electrons. The number of nitrogens with zero attached hydrogens (tertiary/aromatic N) is 1. The Balaban J connectivity index is 2.15. The van der Waals surface area contributed by atoms with E-state index in [-0.39, 0.29) is 17.0 Å². The second-order valence-electron chi connectivity index (χ2n) is 6.22. The first-order valence-electron chi connectivity index (χ1n) is 6.91. The summed E-state index contributed by atoms with van der Waals surface area (Å²) < 4.78 is 6.24. The van der Waals surface area contributed by atoms with E-state index in [4.69, 9.17) is 4.74 Å². The van der Waals surface area contributed by atoms with Crippen molar-refractivity contribution >= 4 is 23.0 Å². The molecule has 0 aromatic heterocycles. The average molecular weight is 317 g/mol. The van der Waals surface area contributed by atoms with Crippen LogP contribution in [-0.2, 0) is 0 Å². The number of fused-ring (bicyclic) bond motifs is 2. The number of aromatic carboxylic acids is 1. The number of anilines is 2. The Bertz CT molecular complexity index is 824. The molecule has 1 aliphatic rings. The molecular weight excluding hydrogens is 300 g/mol. The minimum Gasteiger partial charge on any atom is -0.504 e. The van der Waals surface area contributed by atoms with E-state index in [0.717, 1.165) is 11.8 Å². The number of quaternary nitrogens is 1. The van der Waals surface area contributed by atoms with Gasteiger partial charge in [0.25, 0.3) is 0 Å². The van der Waals surface area contributed by atoms with Gasteiger partial charge >= 0.3 is 5.97 Å². The number of hydrogen-bond donors (Lipinski definition) is 4. The molecule has 1 heterocycles. The van der Waals surface area contributed by atoms with E-state index in [9.17, 15) is 20.1 Å². The normalized spacial score (nSPS) is 12.7. The van der Waals surface area contributed by atoms with E-state index in [0.29, 0.717) is 15.9 Å². The lowest BCUT2D eigenvalue weighted by Gasteiger charge is -2.27. The third-order valence-electron chi connectivity index (χ3n) is 3.68. The van der Waals surface area contributed by atoms with Crippen molar-refractivity contribution in [2.75, 3.05) is 26.5 Å². The Hall–Kier alpha value is -2.93. The summed E-state index contributed by atoms with van der Waals surface area (Å²) in [6.45, 7) is 0. The number of phenols is 2. The van der Waals surface area contributed by atoms with Gasteiger partial charge in [0.15, 0.2) is 17.2 Å². The van der Waals surface area contributed by atoms with E-state index >= 15 is 0 Å². The van der Waals surface area contributed by atoms with Crippen LogP contribution < -0.4 is 14.5 Å². The fourth-order valence-electron chi connectivity index (χ4n) is 2.39. The summed E-state index contributed by atoms with van der Waals surface area (Å²) in [6, 6.07) is 6.47. The maximum Gasteiger partial charge on any atom is 0.338 e. The van der Waals surface area contributed by atoms with Gasteiger partial charge in [0.1, 0.15) is 11.4 Å². The van der Waals surface area contributed by atoms with Gasteiger partial charge in [0.05, 0.1) is 32.4 Å². The standard InChI is InChI=1S/C16H16N2O5/c1-18(2,3)8-4-5-10-12(6-8)23-15-13(17-10)9(16(21)22)7-11(19)14(15)20/h4-7,17H,1-3H3,(H2-,19,20,21,22)/p+1. The molecule has 0 atom stereocenters. The molecule has 0 unspecified atom stereocenters. The summed E-state index contributed by atoms with van der Waals surface area (Å²) in [6.07, 6.45) is 0. The molecule has 0 spiro atoms. The summed E-state index contributed by atoms with van der Waals surface area (Å²) >= 11 is 0. The van der Waals surface area contributed by atoms with Gasteiger partial charge in [-0.25, -0.2) is 4.79 Å². The molecule has 7 heteroatoms. The molecule has 0 amide bonds. The zero-order valence-electron chi connectivity index (χ0n) is 12.9. The molecule has 2 aromatic carbocycles. The minimum atomic E-state index is -1.24. The Morgan fingerprint density at radius 1 is 1.17 bits per heavy atom. The van der Waals surface area contributed by atoms with Gasteiger partial charge < -0.3 is 25.4 Å². The molecule has 0 bridgehead atoms. The molecule has 1 aliphatic heterocycles. The maximum atomic E-state index is 11.3. The molecule has 0 saturated heterocycles. The average Bonchev–Trinajstić information content (AvgIpc) is 2.47. The van der Waals surface area contributed by atoms with E-state index in [1.54, 1.807) is 12.1 Å². The molecule has 23 heavy (non-hydrogen) atoms. The number of carboxylic acids is 1. The summed E-state index contributed by atoms with van der Waals surface area (Å²) in [5.74, 6) is -1.94. The van der Waals surface area contributed by atoms with Crippen LogP contribution in [-0.4, -0.2) is 42.4 Å². The molecule has 0 fully saturated rings. The quantitative estimate of drug-likeness (QED) is 0.329. The van der Waals surface area contributed by atoms with Crippen molar-refractivity contribution in [2.45, 2.75) is 0 Å². The van der Waals surface area contributed by atoms with Crippen LogP contribution in [0.4, 0.5) is 17.1 Å². The van der Waals surface area contributed by atoms with E-state index in [1.165, 1.54) is 0 Å². The van der Waals surface area contributed by atoms with Gasteiger partial charge in [-0.05, 0) is 6.07 Å². The largest absolute Gasteiger partial charge is 0.504 e. The number of aromatic hydroxyl groups is 2. The van der Waals surface area contributed by atoms with Crippen LogP contribution in [0.2, 0.25) is 0 Å². The molecular formula is C16H17N2O5+. The van der Waals surface area contributed by atoms with Crippen molar-refractivity contribution in [1.82, 2.24) is 4.48 Å². The van der Waals surface area contributed by atoms with Crippen molar-refractivity contribution in [1.29, 1.82) is 0 Å². The molecule has 7 nitrogen and oxygen atoms in total. The number of nitrogens with one attached hydrogen (secondary N) is 1. The van der Waals surface area contributed by atoms with Crippen molar-refractivity contribution in [2.24, 2.45) is 0 Å². The van der Waals surface area contributed by atoms with Crippen LogP contribution in [0.25, 0.3) is 0 Å². The van der Waals surface area contributed by atoms with Gasteiger partial charge in [-0.2, -0.15) is 0 Å². The van der Waals surface area contributed by atoms with Gasteiger partial charge in [0, 0.05) is 18.2 Å². The van der Waals surface area contributed by atoms with Crippen LogP contribution in [0.5, 0.6) is 23.0 Å². The predicted octanol–water partition coefficient (Wildman–Crippen LogP) is 2.84. The lowest BCUT2D eigenvalue weighted by molar-refractivity contribution is 0.0697. The smallest absolute Gasteiger partial charge is 0.338 e. The Kier molecular flexibility index (Phi) is 3.12. The maximum absolute atomic E-state index is 11.3. The van der Waals surface area contributed by atoms with Gasteiger partial charge in [-0.3, -0.25) is 4.48 Å². The van der Waals surface area contributed by atoms with Gasteiger partial charge in [-0.15, -0.1) is 0 Å². The van der Waals surface area contributed by atoms with Crippen LogP contribution in [0.15, 0.2) is 24.3 Å². The fraction of sp³-hybridized carbons (Fsp3) is 0.188. The SMILES string of the molecule is C[N+](C)(C)c1ccc2c(c1)Oc1c(O)c(O)cc(C(=O)O)c1N2. The first-order valence-corrected chi connectivity index (χ1v) is 6.91. The lowest BCUT2D eigenvalue weighted by Crippen LogP contribution is -2.34. The topological polar surface area (TPSA) is 99.0 Å². The number of carboxylic acid groups (broad SMARTS) is 1. The summed E-state index contributed by atoms with van der Waals surface area (Å²) in [4.78, 5) is 11.3. The van der Waals surface area contributed by atoms with Crippen molar-refractivity contribution in [3.63, 3.8) is 0 Å². The molecule has 2 aromatic rings. The third kappa shape index (κ3) is 2.40. The number of rotatable bonds is 2. The summed E-state index contributed by atoms with van der Waals surface area (Å²) in [7, 11) is 5.99. The highest BCUT2D eigenvalue weighted by Crippen LogP contribution is 2.52. The zero-order chi connectivity index (χ0) is 16.9. The van der Waals surface area contributed by atoms with E-state index in [1.807, 2.05) is 27.2 Å². The third-order valence-corrected chi connectivity index (χ3v) is 3.68. The molecule has 0 saturated carbocycles. The highest BCUT2D eigenvalue weighted by molar-refractivity contribution is 6.00. The number of benzene rings is 2. The monoisotopic (exact) mass is 317 g/mol. The highest BCUT2D eigenvalue weighted by Gasteiger charge is 2.29. The van der Waals surface area contributed by atoms with Crippen LogP contribution in [0.1, 0.15) is 10.4 Å². The summed E-state index contributed by atoms with van der Waals surface area (Å²) in [5.41, 5.74) is 1.48. The molecule has 4 N–H and O–H groups in total. The second kappa shape index (κ2) is 4.79. The van der Waals surface area contributed by atoms with Crippen molar-refractivity contribution < 1.29 is 24.9 Å². The second-order valence-corrected chi connectivity index (χ2v) is 6.22. The number of phenolic OH excluding ortho intramolecular Hbond substituents is 2. The van der Waals surface area contributed by atoms with E-state index < -0.39 is 17.5 Å². The van der Waals surface area contributed by atoms with Crippen molar-refractivity contribution in [3.05, 3.63) is 29.8 Å². The summed E-state index contributed by atoms with van der Waals surface area (Å²) in [5, 5.41) is 31.9. The highest BCUT2D eigenvalue weighted by atomic mass is 16.5. The molecule has 0 radical (unpaired) electrons. The lowest BCUT2D eigenvalue weighted by atomic mass is 10.1. The Labute approximate surface area is 132 Å².